The normalized spacial score (nSPS) is 13.3. The molecule has 0 aliphatic heterocycles. The van der Waals surface area contributed by atoms with E-state index in [9.17, 15) is 9.90 Å². The van der Waals surface area contributed by atoms with Gasteiger partial charge < -0.3 is 15.6 Å². The molecule has 0 spiro atoms. The lowest BCUT2D eigenvalue weighted by Gasteiger charge is -2.18. The third kappa shape index (κ3) is 5.18. The number of ether oxygens (including phenoxy) is 1. The largest absolute Gasteiger partial charge is 0.466 e. The molecule has 1 unspecified atom stereocenters. The predicted octanol–water partition coefficient (Wildman–Crippen LogP) is 2.79. The van der Waals surface area contributed by atoms with E-state index < -0.39 is 5.92 Å². The number of hydrogen-bond acceptors (Lipinski definition) is 4. The average molecular weight is 327 g/mol. The zero-order valence-electron chi connectivity index (χ0n) is 14.0. The number of esters is 1. The summed E-state index contributed by atoms with van der Waals surface area (Å²) < 4.78 is 4.96. The van der Waals surface area contributed by atoms with Gasteiger partial charge in [0.25, 0.3) is 0 Å². The lowest BCUT2D eigenvalue weighted by molar-refractivity contribution is -0.149. The molecule has 2 aromatic rings. The van der Waals surface area contributed by atoms with Crippen LogP contribution in [-0.2, 0) is 16.0 Å². The molecule has 24 heavy (non-hydrogen) atoms. The highest BCUT2D eigenvalue weighted by molar-refractivity contribution is 5.72. The van der Waals surface area contributed by atoms with Crippen molar-refractivity contribution in [2.45, 2.75) is 25.8 Å². The van der Waals surface area contributed by atoms with Gasteiger partial charge in [0.1, 0.15) is 0 Å². The summed E-state index contributed by atoms with van der Waals surface area (Å²) in [5.41, 5.74) is 9.60. The number of hydrogen-bond donors (Lipinski definition) is 2. The van der Waals surface area contributed by atoms with E-state index in [2.05, 4.69) is 36.4 Å². The molecule has 2 rings (SSSR count). The first-order chi connectivity index (χ1) is 11.6. The molecule has 2 atom stereocenters. The third-order valence-electron chi connectivity index (χ3n) is 3.99. The summed E-state index contributed by atoms with van der Waals surface area (Å²) in [7, 11) is 0. The zero-order valence-corrected chi connectivity index (χ0v) is 14.0. The van der Waals surface area contributed by atoms with E-state index in [1.54, 1.807) is 6.92 Å². The second-order valence-electron chi connectivity index (χ2n) is 5.89. The van der Waals surface area contributed by atoms with Gasteiger partial charge in [-0.2, -0.15) is 0 Å². The first-order valence-electron chi connectivity index (χ1n) is 8.31. The van der Waals surface area contributed by atoms with Crippen molar-refractivity contribution in [3.05, 3.63) is 60.2 Å². The maximum Gasteiger partial charge on any atom is 0.311 e. The Kier molecular flexibility index (Phi) is 6.97. The average Bonchev–Trinajstić information content (AvgIpc) is 2.61. The fourth-order valence-corrected chi connectivity index (χ4v) is 2.72. The fraction of sp³-hybridized carbons (Fsp3) is 0.350. The van der Waals surface area contributed by atoms with Crippen molar-refractivity contribution in [3.63, 3.8) is 0 Å². The molecule has 0 bridgehead atoms. The fourth-order valence-electron chi connectivity index (χ4n) is 2.72. The van der Waals surface area contributed by atoms with Gasteiger partial charge in [-0.3, -0.25) is 4.79 Å². The molecule has 0 fully saturated rings. The van der Waals surface area contributed by atoms with Crippen molar-refractivity contribution in [2.24, 2.45) is 11.7 Å². The van der Waals surface area contributed by atoms with Crippen LogP contribution in [0.15, 0.2) is 54.6 Å². The van der Waals surface area contributed by atoms with E-state index in [-0.39, 0.29) is 18.6 Å². The summed E-state index contributed by atoms with van der Waals surface area (Å²) in [6, 6.07) is 18.2. The standard InChI is InChI=1S/C20H25NO3/c1-2-24-20(23)18(14-22)13-19(21)12-15-8-10-17(11-9-15)16-6-4-3-5-7-16/h3-11,18-19,22H,2,12-14,21H2,1H3/t18?,19-/m1/s1. The van der Waals surface area contributed by atoms with Gasteiger partial charge in [-0.25, -0.2) is 0 Å². The molecular formula is C20H25NO3. The van der Waals surface area contributed by atoms with Crippen molar-refractivity contribution < 1.29 is 14.6 Å². The minimum absolute atomic E-state index is 0.200. The van der Waals surface area contributed by atoms with Crippen LogP contribution in [0.2, 0.25) is 0 Å². The van der Waals surface area contributed by atoms with Gasteiger partial charge >= 0.3 is 5.97 Å². The minimum Gasteiger partial charge on any atom is -0.466 e. The molecule has 0 saturated carbocycles. The number of aliphatic hydroxyl groups excluding tert-OH is 1. The molecular weight excluding hydrogens is 302 g/mol. The Morgan fingerprint density at radius 3 is 2.29 bits per heavy atom. The van der Waals surface area contributed by atoms with Crippen LogP contribution in [-0.4, -0.2) is 30.3 Å². The molecule has 0 radical (unpaired) electrons. The van der Waals surface area contributed by atoms with Gasteiger partial charge in [0.05, 0.1) is 19.1 Å². The molecule has 4 heteroatoms. The summed E-state index contributed by atoms with van der Waals surface area (Å²) in [6.07, 6.45) is 1.07. The molecule has 0 heterocycles. The van der Waals surface area contributed by atoms with E-state index in [4.69, 9.17) is 10.5 Å². The predicted molar refractivity (Wildman–Crippen MR) is 95.4 cm³/mol. The van der Waals surface area contributed by atoms with Crippen LogP contribution in [0.4, 0.5) is 0 Å². The van der Waals surface area contributed by atoms with Gasteiger partial charge in [0.15, 0.2) is 0 Å². The van der Waals surface area contributed by atoms with Gasteiger partial charge in [-0.1, -0.05) is 54.6 Å². The van der Waals surface area contributed by atoms with E-state index in [0.717, 1.165) is 11.1 Å². The third-order valence-corrected chi connectivity index (χ3v) is 3.99. The Balaban J connectivity index is 1.94. The van der Waals surface area contributed by atoms with Crippen molar-refractivity contribution >= 4 is 5.97 Å². The molecule has 4 nitrogen and oxygen atoms in total. The quantitative estimate of drug-likeness (QED) is 0.731. The number of carbonyl (C=O) groups is 1. The van der Waals surface area contributed by atoms with Crippen LogP contribution in [0, 0.1) is 5.92 Å². The summed E-state index contributed by atoms with van der Waals surface area (Å²) in [5, 5.41) is 9.34. The zero-order chi connectivity index (χ0) is 17.4. The van der Waals surface area contributed by atoms with Gasteiger partial charge in [-0.05, 0) is 36.5 Å². The van der Waals surface area contributed by atoms with Crippen LogP contribution < -0.4 is 5.73 Å². The first kappa shape index (κ1) is 18.2. The molecule has 0 aromatic heterocycles. The highest BCUT2D eigenvalue weighted by atomic mass is 16.5. The van der Waals surface area contributed by atoms with E-state index in [0.29, 0.717) is 19.4 Å². The van der Waals surface area contributed by atoms with Crippen molar-refractivity contribution in [3.8, 4) is 11.1 Å². The second-order valence-corrected chi connectivity index (χ2v) is 5.89. The maximum atomic E-state index is 11.7. The molecule has 0 aliphatic rings. The summed E-state index contributed by atoms with van der Waals surface area (Å²) in [6.45, 7) is 1.82. The Morgan fingerprint density at radius 1 is 1.08 bits per heavy atom. The number of benzene rings is 2. The number of carbonyl (C=O) groups excluding carboxylic acids is 1. The highest BCUT2D eigenvalue weighted by Gasteiger charge is 2.22. The van der Waals surface area contributed by atoms with Crippen LogP contribution in [0.3, 0.4) is 0 Å². The highest BCUT2D eigenvalue weighted by Crippen LogP contribution is 2.20. The van der Waals surface area contributed by atoms with Crippen molar-refractivity contribution in [1.82, 2.24) is 0 Å². The Bertz CT molecular complexity index is 625. The summed E-state index contributed by atoms with van der Waals surface area (Å²) in [5.74, 6) is -0.932. The van der Waals surface area contributed by atoms with E-state index in [1.807, 2.05) is 18.2 Å². The van der Waals surface area contributed by atoms with Gasteiger partial charge in [0, 0.05) is 6.04 Å². The van der Waals surface area contributed by atoms with E-state index >= 15 is 0 Å². The molecule has 0 aliphatic carbocycles. The van der Waals surface area contributed by atoms with Crippen LogP contribution >= 0.6 is 0 Å². The monoisotopic (exact) mass is 327 g/mol. The lowest BCUT2D eigenvalue weighted by Crippen LogP contribution is -2.32. The van der Waals surface area contributed by atoms with Crippen molar-refractivity contribution in [2.75, 3.05) is 13.2 Å². The summed E-state index contributed by atoms with van der Waals surface area (Å²) >= 11 is 0. The van der Waals surface area contributed by atoms with E-state index in [1.165, 1.54) is 5.56 Å². The van der Waals surface area contributed by atoms with Crippen LogP contribution in [0.5, 0.6) is 0 Å². The van der Waals surface area contributed by atoms with Crippen LogP contribution in [0.25, 0.3) is 11.1 Å². The Labute approximate surface area is 143 Å². The maximum absolute atomic E-state index is 11.7. The Morgan fingerprint density at radius 2 is 1.71 bits per heavy atom. The van der Waals surface area contributed by atoms with Crippen LogP contribution in [0.1, 0.15) is 18.9 Å². The topological polar surface area (TPSA) is 72.5 Å². The molecule has 3 N–H and O–H groups in total. The molecule has 2 aromatic carbocycles. The second kappa shape index (κ2) is 9.21. The number of aliphatic hydroxyl groups is 1. The van der Waals surface area contributed by atoms with Gasteiger partial charge in [-0.15, -0.1) is 0 Å². The minimum atomic E-state index is -0.552. The van der Waals surface area contributed by atoms with Crippen molar-refractivity contribution in [1.29, 1.82) is 0 Å². The summed E-state index contributed by atoms with van der Waals surface area (Å²) in [4.78, 5) is 11.7. The smallest absolute Gasteiger partial charge is 0.311 e. The number of rotatable bonds is 8. The van der Waals surface area contributed by atoms with Gasteiger partial charge in [0.2, 0.25) is 0 Å². The lowest BCUT2D eigenvalue weighted by atomic mass is 9.95. The molecule has 128 valence electrons. The molecule has 0 saturated heterocycles. The first-order valence-corrected chi connectivity index (χ1v) is 8.31. The molecule has 0 amide bonds. The Hall–Kier alpha value is -2.17. The number of nitrogens with two attached hydrogens (primary N) is 1. The SMILES string of the molecule is CCOC(=O)C(CO)C[C@H](N)Cc1ccc(-c2ccccc2)cc1.